The van der Waals surface area contributed by atoms with Crippen molar-refractivity contribution in [3.8, 4) is 0 Å². The monoisotopic (exact) mass is 238 g/mol. The first-order valence-corrected chi connectivity index (χ1v) is 5.26. The van der Waals surface area contributed by atoms with E-state index in [0.717, 1.165) is 5.56 Å². The number of benzene rings is 1. The van der Waals surface area contributed by atoms with Crippen LogP contribution < -0.4 is 11.1 Å². The average Bonchev–Trinajstić information content (AvgIpc) is 2.21. The van der Waals surface area contributed by atoms with Gasteiger partial charge >= 0.3 is 0 Å². The number of nitrogens with one attached hydrogen (secondary N) is 1. The molecule has 16 heavy (non-hydrogen) atoms. The van der Waals surface area contributed by atoms with Gasteiger partial charge < -0.3 is 11.1 Å². The first-order valence-electron chi connectivity index (χ1n) is 4.81. The Morgan fingerprint density at radius 1 is 1.44 bits per heavy atom. The van der Waals surface area contributed by atoms with Crippen molar-refractivity contribution in [1.29, 1.82) is 0 Å². The normalized spacial score (nSPS) is 11.9. The highest BCUT2D eigenvalue weighted by Gasteiger charge is 2.15. The van der Waals surface area contributed by atoms with Crippen molar-refractivity contribution in [2.45, 2.75) is 24.8 Å². The molecule has 1 atom stereocenters. The summed E-state index contributed by atoms with van der Waals surface area (Å²) in [4.78, 5) is 23.3. The number of hydrogen-bond acceptors (Lipinski definition) is 3. The Bertz CT molecular complexity index is 432. The summed E-state index contributed by atoms with van der Waals surface area (Å²) in [6.45, 7) is 3.36. The smallest absolute Gasteiger partial charge is 0.252 e. The minimum Gasteiger partial charge on any atom is -0.368 e. The van der Waals surface area contributed by atoms with Crippen LogP contribution in [0.5, 0.6) is 0 Å². The molecule has 0 heterocycles. The third kappa shape index (κ3) is 3.00. The van der Waals surface area contributed by atoms with Gasteiger partial charge in [-0.3, -0.25) is 9.59 Å². The van der Waals surface area contributed by atoms with Gasteiger partial charge in [0, 0.05) is 10.5 Å². The lowest BCUT2D eigenvalue weighted by Crippen LogP contribution is -2.42. The Morgan fingerprint density at radius 3 is 2.62 bits per heavy atom. The minimum atomic E-state index is -0.685. The highest BCUT2D eigenvalue weighted by molar-refractivity contribution is 7.80. The number of nitrogens with two attached hydrogens (primary N) is 1. The summed E-state index contributed by atoms with van der Waals surface area (Å²) in [6, 6.07) is 4.57. The van der Waals surface area contributed by atoms with Crippen LogP contribution in [-0.2, 0) is 4.79 Å². The van der Waals surface area contributed by atoms with E-state index in [4.69, 9.17) is 5.73 Å². The van der Waals surface area contributed by atoms with E-state index < -0.39 is 11.9 Å². The molecular formula is C11H14N2O2S. The van der Waals surface area contributed by atoms with Gasteiger partial charge in [-0.05, 0) is 31.5 Å². The van der Waals surface area contributed by atoms with E-state index in [9.17, 15) is 9.59 Å². The first-order chi connectivity index (χ1) is 7.41. The second kappa shape index (κ2) is 5.03. The molecule has 1 aromatic carbocycles. The molecule has 0 fully saturated rings. The van der Waals surface area contributed by atoms with Crippen molar-refractivity contribution in [1.82, 2.24) is 5.32 Å². The van der Waals surface area contributed by atoms with Crippen LogP contribution in [0.1, 0.15) is 22.8 Å². The van der Waals surface area contributed by atoms with E-state index in [1.807, 2.05) is 6.92 Å². The summed E-state index contributed by atoms with van der Waals surface area (Å²) in [6.07, 6.45) is 0. The lowest BCUT2D eigenvalue weighted by Gasteiger charge is -2.11. The summed E-state index contributed by atoms with van der Waals surface area (Å²) in [7, 11) is 0. The molecule has 0 aliphatic rings. The third-order valence-corrected chi connectivity index (χ3v) is 2.52. The van der Waals surface area contributed by atoms with E-state index in [1.165, 1.54) is 0 Å². The molecule has 0 aliphatic carbocycles. The van der Waals surface area contributed by atoms with Gasteiger partial charge in [-0.15, -0.1) is 12.6 Å². The van der Waals surface area contributed by atoms with Crippen molar-refractivity contribution < 1.29 is 9.59 Å². The summed E-state index contributed by atoms with van der Waals surface area (Å²) in [5, 5.41) is 2.52. The topological polar surface area (TPSA) is 72.2 Å². The van der Waals surface area contributed by atoms with Crippen LogP contribution in [0.15, 0.2) is 23.1 Å². The van der Waals surface area contributed by atoms with Gasteiger partial charge in [0.1, 0.15) is 6.04 Å². The van der Waals surface area contributed by atoms with Gasteiger partial charge in [-0.2, -0.15) is 0 Å². The summed E-state index contributed by atoms with van der Waals surface area (Å²) in [5.74, 6) is -0.882. The van der Waals surface area contributed by atoms with Crippen LogP contribution in [0.3, 0.4) is 0 Å². The van der Waals surface area contributed by atoms with E-state index >= 15 is 0 Å². The Labute approximate surface area is 99.6 Å². The summed E-state index contributed by atoms with van der Waals surface area (Å²) < 4.78 is 0. The van der Waals surface area contributed by atoms with Crippen LogP contribution >= 0.6 is 12.6 Å². The standard InChI is InChI=1S/C11H14N2O2S/c1-6-3-4-8(16)5-9(6)11(15)13-7(2)10(12)14/h3-5,7,16H,1-2H3,(H2,12,14)(H,13,15). The molecule has 1 aromatic rings. The number of hydrogen-bond donors (Lipinski definition) is 3. The van der Waals surface area contributed by atoms with Crippen LogP contribution in [0.4, 0.5) is 0 Å². The van der Waals surface area contributed by atoms with E-state index in [2.05, 4.69) is 17.9 Å². The predicted molar refractivity (Wildman–Crippen MR) is 64.6 cm³/mol. The average molecular weight is 238 g/mol. The maximum atomic E-state index is 11.8. The van der Waals surface area contributed by atoms with Gasteiger partial charge in [0.05, 0.1) is 0 Å². The fraction of sp³-hybridized carbons (Fsp3) is 0.273. The maximum absolute atomic E-state index is 11.8. The molecule has 0 saturated heterocycles. The second-order valence-corrected chi connectivity index (χ2v) is 4.11. The Morgan fingerprint density at radius 2 is 2.06 bits per heavy atom. The molecule has 4 nitrogen and oxygen atoms in total. The van der Waals surface area contributed by atoms with Gasteiger partial charge in [0.25, 0.3) is 5.91 Å². The van der Waals surface area contributed by atoms with Crippen LogP contribution in [0.2, 0.25) is 0 Å². The Balaban J connectivity index is 2.88. The first kappa shape index (κ1) is 12.6. The van der Waals surface area contributed by atoms with Crippen molar-refractivity contribution in [2.24, 2.45) is 5.73 Å². The number of thiol groups is 1. The highest BCUT2D eigenvalue weighted by atomic mass is 32.1. The third-order valence-electron chi connectivity index (χ3n) is 2.24. The predicted octanol–water partition coefficient (Wildman–Crippen LogP) is 0.887. The zero-order valence-electron chi connectivity index (χ0n) is 9.15. The number of carbonyl (C=O) groups is 2. The molecule has 0 radical (unpaired) electrons. The van der Waals surface area contributed by atoms with Gasteiger partial charge in [-0.25, -0.2) is 0 Å². The number of carbonyl (C=O) groups excluding carboxylic acids is 2. The van der Waals surface area contributed by atoms with Gasteiger partial charge in [0.2, 0.25) is 5.91 Å². The van der Waals surface area contributed by atoms with Crippen LogP contribution in [0, 0.1) is 6.92 Å². The summed E-state index contributed by atoms with van der Waals surface area (Å²) in [5.41, 5.74) is 6.39. The largest absolute Gasteiger partial charge is 0.368 e. The molecule has 1 rings (SSSR count). The van der Waals surface area contributed by atoms with E-state index in [0.29, 0.717) is 10.5 Å². The molecule has 2 amide bonds. The number of rotatable bonds is 3. The van der Waals surface area contributed by atoms with Crippen molar-refractivity contribution in [3.63, 3.8) is 0 Å². The van der Waals surface area contributed by atoms with Gasteiger partial charge in [-0.1, -0.05) is 6.07 Å². The highest BCUT2D eigenvalue weighted by Crippen LogP contribution is 2.13. The number of primary amides is 1. The molecule has 86 valence electrons. The summed E-state index contributed by atoms with van der Waals surface area (Å²) >= 11 is 4.16. The molecule has 3 N–H and O–H groups in total. The maximum Gasteiger partial charge on any atom is 0.252 e. The molecule has 1 unspecified atom stereocenters. The minimum absolute atomic E-state index is 0.320. The van der Waals surface area contributed by atoms with E-state index in [-0.39, 0.29) is 5.91 Å². The molecule has 0 saturated carbocycles. The fourth-order valence-electron chi connectivity index (χ4n) is 1.20. The quantitative estimate of drug-likeness (QED) is 0.684. The van der Waals surface area contributed by atoms with Crippen molar-refractivity contribution in [3.05, 3.63) is 29.3 Å². The van der Waals surface area contributed by atoms with E-state index in [1.54, 1.807) is 25.1 Å². The number of aryl methyl sites for hydroxylation is 1. The second-order valence-electron chi connectivity index (χ2n) is 3.60. The zero-order valence-corrected chi connectivity index (χ0v) is 10.0. The van der Waals surface area contributed by atoms with Crippen molar-refractivity contribution in [2.75, 3.05) is 0 Å². The Kier molecular flexibility index (Phi) is 3.95. The zero-order chi connectivity index (χ0) is 12.3. The lowest BCUT2D eigenvalue weighted by molar-refractivity contribution is -0.119. The van der Waals surface area contributed by atoms with Gasteiger partial charge in [0.15, 0.2) is 0 Å². The van der Waals surface area contributed by atoms with Crippen molar-refractivity contribution >= 4 is 24.4 Å². The van der Waals surface area contributed by atoms with Crippen LogP contribution in [-0.4, -0.2) is 17.9 Å². The molecule has 5 heteroatoms. The molecule has 0 aromatic heterocycles. The number of amides is 2. The Hall–Kier alpha value is -1.49. The molecule has 0 bridgehead atoms. The van der Waals surface area contributed by atoms with Crippen LogP contribution in [0.25, 0.3) is 0 Å². The molecular weight excluding hydrogens is 224 g/mol. The SMILES string of the molecule is Cc1ccc(S)cc1C(=O)NC(C)C(N)=O. The molecule has 0 spiro atoms. The fourth-order valence-corrected chi connectivity index (χ4v) is 1.40. The lowest BCUT2D eigenvalue weighted by atomic mass is 10.1. The molecule has 0 aliphatic heterocycles.